The van der Waals surface area contributed by atoms with Crippen molar-refractivity contribution in [2.24, 2.45) is 0 Å². The molecular weight excluding hydrogens is 344 g/mol. The van der Waals surface area contributed by atoms with Crippen molar-refractivity contribution in [3.05, 3.63) is 60.0 Å². The Morgan fingerprint density at radius 3 is 2.93 bits per heavy atom. The van der Waals surface area contributed by atoms with Gasteiger partial charge in [-0.15, -0.1) is 0 Å². The van der Waals surface area contributed by atoms with Gasteiger partial charge in [0, 0.05) is 36.8 Å². The third kappa shape index (κ3) is 3.78. The van der Waals surface area contributed by atoms with Crippen LogP contribution < -0.4 is 0 Å². The second-order valence-corrected chi connectivity index (χ2v) is 6.76. The smallest absolute Gasteiger partial charge is 0.276 e. The largest absolute Gasteiger partial charge is 0.394 e. The van der Waals surface area contributed by atoms with E-state index >= 15 is 0 Å². The van der Waals surface area contributed by atoms with Gasteiger partial charge in [-0.1, -0.05) is 35.5 Å². The van der Waals surface area contributed by atoms with E-state index in [2.05, 4.69) is 10.3 Å². The SMILES string of the molecule is O=C(c1cc(-c2ccccc2)on1)N1CCCC(c2ccn(CCO)n2)C1. The summed E-state index contributed by atoms with van der Waals surface area (Å²) in [6.07, 6.45) is 3.79. The van der Waals surface area contributed by atoms with E-state index in [9.17, 15) is 4.79 Å². The molecule has 1 atom stereocenters. The van der Waals surface area contributed by atoms with E-state index in [0.29, 0.717) is 31.1 Å². The molecule has 3 heterocycles. The summed E-state index contributed by atoms with van der Waals surface area (Å²) >= 11 is 0. The van der Waals surface area contributed by atoms with Crippen LogP contribution in [0.3, 0.4) is 0 Å². The monoisotopic (exact) mass is 366 g/mol. The van der Waals surface area contributed by atoms with E-state index < -0.39 is 0 Å². The molecular formula is C20H22N4O3. The fourth-order valence-corrected chi connectivity index (χ4v) is 3.50. The van der Waals surface area contributed by atoms with Crippen LogP contribution in [0, 0.1) is 0 Å². The summed E-state index contributed by atoms with van der Waals surface area (Å²) in [7, 11) is 0. The van der Waals surface area contributed by atoms with Gasteiger partial charge in [-0.2, -0.15) is 5.10 Å². The normalized spacial score (nSPS) is 17.2. The van der Waals surface area contributed by atoms with Crippen LogP contribution in [0.4, 0.5) is 0 Å². The summed E-state index contributed by atoms with van der Waals surface area (Å²) < 4.78 is 7.10. The second kappa shape index (κ2) is 7.75. The lowest BCUT2D eigenvalue weighted by Crippen LogP contribution is -2.39. The molecule has 1 N–H and O–H groups in total. The van der Waals surface area contributed by atoms with Gasteiger partial charge in [-0.25, -0.2) is 0 Å². The number of amides is 1. The van der Waals surface area contributed by atoms with Crippen LogP contribution in [0.1, 0.15) is 34.9 Å². The highest BCUT2D eigenvalue weighted by Crippen LogP contribution is 2.27. The number of carbonyl (C=O) groups is 1. The predicted molar refractivity (Wildman–Crippen MR) is 99.1 cm³/mol. The highest BCUT2D eigenvalue weighted by molar-refractivity contribution is 5.93. The Hall–Kier alpha value is -2.93. The van der Waals surface area contributed by atoms with Crippen LogP contribution in [0.15, 0.2) is 53.2 Å². The van der Waals surface area contributed by atoms with E-state index in [4.69, 9.17) is 9.63 Å². The molecule has 0 radical (unpaired) electrons. The molecule has 1 saturated heterocycles. The van der Waals surface area contributed by atoms with E-state index in [-0.39, 0.29) is 18.4 Å². The standard InChI is InChI=1S/C20H22N4O3/c25-12-11-24-10-8-17(21-24)16-7-4-9-23(14-16)20(26)18-13-19(27-22-18)15-5-2-1-3-6-15/h1-3,5-6,8,10,13,16,25H,4,7,9,11-12,14H2. The summed E-state index contributed by atoms with van der Waals surface area (Å²) in [5, 5.41) is 17.5. The van der Waals surface area contributed by atoms with E-state index in [1.807, 2.05) is 47.5 Å². The molecule has 0 aliphatic carbocycles. The number of hydrogen-bond donors (Lipinski definition) is 1. The Bertz CT molecular complexity index is 903. The highest BCUT2D eigenvalue weighted by Gasteiger charge is 2.28. The van der Waals surface area contributed by atoms with Crippen molar-refractivity contribution in [3.8, 4) is 11.3 Å². The maximum Gasteiger partial charge on any atom is 0.276 e. The Labute approximate surface area is 157 Å². The Kier molecular flexibility index (Phi) is 5.02. The van der Waals surface area contributed by atoms with E-state index in [1.54, 1.807) is 10.7 Å². The van der Waals surface area contributed by atoms with Gasteiger partial charge in [-0.05, 0) is 18.9 Å². The first kappa shape index (κ1) is 17.5. The molecule has 1 aromatic carbocycles. The summed E-state index contributed by atoms with van der Waals surface area (Å²) in [4.78, 5) is 14.7. The first-order valence-electron chi connectivity index (χ1n) is 9.20. The number of aromatic nitrogens is 3. The summed E-state index contributed by atoms with van der Waals surface area (Å²) in [6.45, 7) is 1.87. The Morgan fingerprint density at radius 1 is 1.26 bits per heavy atom. The van der Waals surface area contributed by atoms with E-state index in [1.165, 1.54) is 0 Å². The van der Waals surface area contributed by atoms with Crippen molar-refractivity contribution >= 4 is 5.91 Å². The molecule has 27 heavy (non-hydrogen) atoms. The first-order valence-corrected chi connectivity index (χ1v) is 9.20. The van der Waals surface area contributed by atoms with Gasteiger partial charge >= 0.3 is 0 Å². The average molecular weight is 366 g/mol. The van der Waals surface area contributed by atoms with Crippen LogP contribution in [0.2, 0.25) is 0 Å². The predicted octanol–water partition coefficient (Wildman–Crippen LogP) is 2.55. The average Bonchev–Trinajstić information content (AvgIpc) is 3.39. The van der Waals surface area contributed by atoms with Crippen molar-refractivity contribution in [1.29, 1.82) is 0 Å². The first-order chi connectivity index (χ1) is 13.2. The van der Waals surface area contributed by atoms with E-state index in [0.717, 1.165) is 24.1 Å². The third-order valence-corrected chi connectivity index (χ3v) is 4.90. The van der Waals surface area contributed by atoms with Gasteiger partial charge in [0.15, 0.2) is 11.5 Å². The minimum absolute atomic E-state index is 0.0618. The molecule has 0 saturated carbocycles. The van der Waals surface area contributed by atoms with Gasteiger partial charge in [0.1, 0.15) is 0 Å². The molecule has 7 nitrogen and oxygen atoms in total. The molecule has 3 aromatic rings. The number of aliphatic hydroxyl groups is 1. The van der Waals surface area contributed by atoms with Crippen molar-refractivity contribution in [2.45, 2.75) is 25.3 Å². The summed E-state index contributed by atoms with van der Waals surface area (Å²) in [5.74, 6) is 0.679. The quantitative estimate of drug-likeness (QED) is 0.750. The molecule has 7 heteroatoms. The molecule has 1 fully saturated rings. The molecule has 1 aliphatic rings. The van der Waals surface area contributed by atoms with Crippen LogP contribution in [0.5, 0.6) is 0 Å². The number of likely N-dealkylation sites (tertiary alicyclic amines) is 1. The highest BCUT2D eigenvalue weighted by atomic mass is 16.5. The maximum absolute atomic E-state index is 12.9. The Balaban J connectivity index is 1.46. The number of hydrogen-bond acceptors (Lipinski definition) is 5. The van der Waals surface area contributed by atoms with Gasteiger partial charge in [0.2, 0.25) is 0 Å². The molecule has 140 valence electrons. The minimum Gasteiger partial charge on any atom is -0.394 e. The molecule has 1 amide bonds. The van der Waals surface area contributed by atoms with Crippen molar-refractivity contribution in [1.82, 2.24) is 19.8 Å². The molecule has 4 rings (SSSR count). The number of benzene rings is 1. The molecule has 0 spiro atoms. The fourth-order valence-electron chi connectivity index (χ4n) is 3.50. The number of nitrogens with zero attached hydrogens (tertiary/aromatic N) is 4. The van der Waals surface area contributed by atoms with Crippen molar-refractivity contribution in [2.75, 3.05) is 19.7 Å². The lowest BCUT2D eigenvalue weighted by Gasteiger charge is -2.31. The second-order valence-electron chi connectivity index (χ2n) is 6.76. The molecule has 1 aliphatic heterocycles. The number of rotatable bonds is 5. The zero-order valence-corrected chi connectivity index (χ0v) is 15.0. The van der Waals surface area contributed by atoms with Gasteiger partial charge in [-0.3, -0.25) is 9.48 Å². The third-order valence-electron chi connectivity index (χ3n) is 4.90. The zero-order chi connectivity index (χ0) is 18.6. The lowest BCUT2D eigenvalue weighted by atomic mass is 9.95. The number of carbonyl (C=O) groups excluding carboxylic acids is 1. The number of aliphatic hydroxyl groups excluding tert-OH is 1. The molecule has 0 bridgehead atoms. The maximum atomic E-state index is 12.9. The minimum atomic E-state index is -0.111. The van der Waals surface area contributed by atoms with Crippen molar-refractivity contribution < 1.29 is 14.4 Å². The van der Waals surface area contributed by atoms with Gasteiger partial charge in [0.05, 0.1) is 18.8 Å². The molecule has 2 aromatic heterocycles. The molecule has 1 unspecified atom stereocenters. The van der Waals surface area contributed by atoms with Crippen LogP contribution in [-0.4, -0.2) is 50.5 Å². The van der Waals surface area contributed by atoms with Crippen LogP contribution >= 0.6 is 0 Å². The van der Waals surface area contributed by atoms with Gasteiger partial charge < -0.3 is 14.5 Å². The Morgan fingerprint density at radius 2 is 2.11 bits per heavy atom. The van der Waals surface area contributed by atoms with Crippen LogP contribution in [-0.2, 0) is 6.54 Å². The summed E-state index contributed by atoms with van der Waals surface area (Å²) in [6, 6.07) is 13.3. The number of piperidine rings is 1. The van der Waals surface area contributed by atoms with Crippen molar-refractivity contribution in [3.63, 3.8) is 0 Å². The van der Waals surface area contributed by atoms with Gasteiger partial charge in [0.25, 0.3) is 5.91 Å². The zero-order valence-electron chi connectivity index (χ0n) is 15.0. The lowest BCUT2D eigenvalue weighted by molar-refractivity contribution is 0.0695. The van der Waals surface area contributed by atoms with Crippen LogP contribution in [0.25, 0.3) is 11.3 Å². The summed E-state index contributed by atoms with van der Waals surface area (Å²) in [5.41, 5.74) is 2.20. The fraction of sp³-hybridized carbons (Fsp3) is 0.350. The topological polar surface area (TPSA) is 84.4 Å².